The van der Waals surface area contributed by atoms with Crippen LogP contribution in [0.1, 0.15) is 12.8 Å². The van der Waals surface area contributed by atoms with Gasteiger partial charge in [-0.1, -0.05) is 0 Å². The fourth-order valence-corrected chi connectivity index (χ4v) is 1.51. The Labute approximate surface area is 60.0 Å². The molecule has 2 saturated heterocycles. The molecule has 0 aromatic rings. The van der Waals surface area contributed by atoms with Crippen LogP contribution < -0.4 is 0 Å². The Morgan fingerprint density at radius 3 is 2.90 bits per heavy atom. The van der Waals surface area contributed by atoms with E-state index in [1.807, 2.05) is 7.05 Å². The summed E-state index contributed by atoms with van der Waals surface area (Å²) in [6.45, 7) is 1.54. The molecule has 1 unspecified atom stereocenters. The summed E-state index contributed by atoms with van der Waals surface area (Å²) in [4.78, 5) is 13.1. The van der Waals surface area contributed by atoms with Crippen LogP contribution in [0.25, 0.3) is 0 Å². The van der Waals surface area contributed by atoms with Gasteiger partial charge in [0.15, 0.2) is 5.60 Å². The number of piperidine rings is 1. The van der Waals surface area contributed by atoms with Gasteiger partial charge in [-0.2, -0.15) is 0 Å². The van der Waals surface area contributed by atoms with Gasteiger partial charge in [0.1, 0.15) is 0 Å². The van der Waals surface area contributed by atoms with Crippen LogP contribution in [0.15, 0.2) is 0 Å². The maximum atomic E-state index is 11.3. The molecule has 0 aliphatic carbocycles. The van der Waals surface area contributed by atoms with Crippen LogP contribution >= 0.6 is 0 Å². The van der Waals surface area contributed by atoms with Crippen LogP contribution in [0.5, 0.6) is 0 Å². The lowest BCUT2D eigenvalue weighted by atomic mass is 9.99. The summed E-state index contributed by atoms with van der Waals surface area (Å²) in [5.74, 6) is 0.179. The van der Waals surface area contributed by atoms with Crippen molar-refractivity contribution in [3.8, 4) is 0 Å². The Balaban J connectivity index is 2.15. The van der Waals surface area contributed by atoms with Crippen LogP contribution in [-0.4, -0.2) is 36.6 Å². The smallest absolute Gasteiger partial charge is 0.256 e. The number of ether oxygens (including phenoxy) is 1. The normalized spacial score (nSPS) is 38.9. The minimum Gasteiger partial charge on any atom is -0.359 e. The minimum absolute atomic E-state index is 0.179. The van der Waals surface area contributed by atoms with Crippen molar-refractivity contribution in [2.45, 2.75) is 18.4 Å². The molecule has 3 heteroatoms. The summed E-state index contributed by atoms with van der Waals surface area (Å²) in [7, 11) is 1.84. The average molecular weight is 141 g/mol. The van der Waals surface area contributed by atoms with Crippen molar-refractivity contribution in [2.24, 2.45) is 0 Å². The highest BCUT2D eigenvalue weighted by molar-refractivity contribution is 5.88. The number of hydrogen-bond donors (Lipinski definition) is 0. The van der Waals surface area contributed by atoms with Gasteiger partial charge in [0, 0.05) is 13.6 Å². The molecule has 2 fully saturated rings. The predicted molar refractivity (Wildman–Crippen MR) is 35.6 cm³/mol. The fourth-order valence-electron chi connectivity index (χ4n) is 1.51. The Bertz CT molecular complexity index is 174. The molecular weight excluding hydrogens is 130 g/mol. The first-order valence-electron chi connectivity index (χ1n) is 3.64. The third kappa shape index (κ3) is 0.669. The first-order chi connectivity index (χ1) is 4.75. The second kappa shape index (κ2) is 1.72. The van der Waals surface area contributed by atoms with Crippen molar-refractivity contribution in [3.05, 3.63) is 0 Å². The molecule has 56 valence electrons. The molecule has 0 aromatic heterocycles. The number of likely N-dealkylation sites (N-methyl/N-ethyl adjacent to an activating group) is 1. The zero-order valence-electron chi connectivity index (χ0n) is 6.09. The van der Waals surface area contributed by atoms with Crippen molar-refractivity contribution in [2.75, 3.05) is 20.2 Å². The quantitative estimate of drug-likeness (QED) is 0.445. The number of nitrogens with zero attached hydrogens (tertiary/aromatic N) is 1. The Morgan fingerprint density at radius 2 is 2.40 bits per heavy atom. The number of rotatable bonds is 0. The van der Waals surface area contributed by atoms with Crippen molar-refractivity contribution in [1.82, 2.24) is 4.90 Å². The van der Waals surface area contributed by atoms with E-state index in [2.05, 4.69) is 0 Å². The van der Waals surface area contributed by atoms with Gasteiger partial charge >= 0.3 is 0 Å². The van der Waals surface area contributed by atoms with Gasteiger partial charge in [0.2, 0.25) is 0 Å². The molecule has 3 nitrogen and oxygen atoms in total. The number of hydrogen-bond acceptors (Lipinski definition) is 2. The average Bonchev–Trinajstić information content (AvgIpc) is 2.65. The fraction of sp³-hybridized carbons (Fsp3) is 0.857. The van der Waals surface area contributed by atoms with Gasteiger partial charge in [-0.3, -0.25) is 4.79 Å². The molecule has 0 radical (unpaired) electrons. The topological polar surface area (TPSA) is 32.8 Å². The molecule has 0 aromatic carbocycles. The predicted octanol–water partition coefficient (Wildman–Crippen LogP) is 0.00760. The molecule has 1 spiro atoms. The highest BCUT2D eigenvalue weighted by Crippen LogP contribution is 2.36. The van der Waals surface area contributed by atoms with E-state index < -0.39 is 0 Å². The molecule has 2 heterocycles. The number of likely N-dealkylation sites (tertiary alicyclic amines) is 1. The van der Waals surface area contributed by atoms with Crippen LogP contribution in [0, 0.1) is 0 Å². The van der Waals surface area contributed by atoms with Gasteiger partial charge in [-0.05, 0) is 12.8 Å². The summed E-state index contributed by atoms with van der Waals surface area (Å²) in [6, 6.07) is 0. The van der Waals surface area contributed by atoms with E-state index in [0.29, 0.717) is 6.61 Å². The van der Waals surface area contributed by atoms with Crippen LogP contribution in [0.3, 0.4) is 0 Å². The van der Waals surface area contributed by atoms with E-state index in [-0.39, 0.29) is 11.5 Å². The van der Waals surface area contributed by atoms with Gasteiger partial charge < -0.3 is 9.64 Å². The Hall–Kier alpha value is -0.570. The number of epoxide rings is 1. The third-order valence-electron chi connectivity index (χ3n) is 2.30. The summed E-state index contributed by atoms with van der Waals surface area (Å²) < 4.78 is 5.13. The molecule has 2 rings (SSSR count). The highest BCUT2D eigenvalue weighted by Gasteiger charge is 2.54. The molecule has 0 N–H and O–H groups in total. The number of carbonyl (C=O) groups is 1. The standard InChI is InChI=1S/C7H11NO2/c1-8-4-2-3-7(5-10-7)6(8)9/h2-5H2,1H3. The van der Waals surface area contributed by atoms with E-state index in [4.69, 9.17) is 4.74 Å². The summed E-state index contributed by atoms with van der Waals surface area (Å²) >= 11 is 0. The van der Waals surface area contributed by atoms with Gasteiger partial charge in [0.05, 0.1) is 6.61 Å². The van der Waals surface area contributed by atoms with Crippen LogP contribution in [0.2, 0.25) is 0 Å². The molecule has 0 bridgehead atoms. The van der Waals surface area contributed by atoms with Crippen molar-refractivity contribution in [3.63, 3.8) is 0 Å². The monoisotopic (exact) mass is 141 g/mol. The van der Waals surface area contributed by atoms with Crippen molar-refractivity contribution in [1.29, 1.82) is 0 Å². The Morgan fingerprint density at radius 1 is 1.70 bits per heavy atom. The molecule has 1 amide bonds. The van der Waals surface area contributed by atoms with Gasteiger partial charge in [-0.25, -0.2) is 0 Å². The SMILES string of the molecule is CN1CCCC2(CO2)C1=O. The van der Waals surface area contributed by atoms with E-state index >= 15 is 0 Å². The second-order valence-corrected chi connectivity index (χ2v) is 3.11. The van der Waals surface area contributed by atoms with Crippen LogP contribution in [-0.2, 0) is 9.53 Å². The zero-order chi connectivity index (χ0) is 7.19. The van der Waals surface area contributed by atoms with Crippen LogP contribution in [0.4, 0.5) is 0 Å². The lowest BCUT2D eigenvalue weighted by molar-refractivity contribution is -0.138. The first-order valence-corrected chi connectivity index (χ1v) is 3.64. The van der Waals surface area contributed by atoms with E-state index in [1.165, 1.54) is 0 Å². The molecule has 2 aliphatic rings. The number of carbonyl (C=O) groups excluding carboxylic acids is 1. The van der Waals surface area contributed by atoms with Crippen molar-refractivity contribution < 1.29 is 9.53 Å². The van der Waals surface area contributed by atoms with E-state index in [0.717, 1.165) is 19.4 Å². The van der Waals surface area contributed by atoms with E-state index in [9.17, 15) is 4.79 Å². The van der Waals surface area contributed by atoms with Gasteiger partial charge in [0.25, 0.3) is 5.91 Å². The summed E-state index contributed by atoms with van der Waals surface area (Å²) in [5, 5.41) is 0. The largest absolute Gasteiger partial charge is 0.359 e. The third-order valence-corrected chi connectivity index (χ3v) is 2.30. The maximum Gasteiger partial charge on any atom is 0.256 e. The second-order valence-electron chi connectivity index (χ2n) is 3.11. The molecule has 2 aliphatic heterocycles. The summed E-state index contributed by atoms with van der Waals surface area (Å²) in [5.41, 5.74) is -0.354. The first kappa shape index (κ1) is 6.16. The number of amides is 1. The van der Waals surface area contributed by atoms with E-state index in [1.54, 1.807) is 4.90 Å². The lowest BCUT2D eigenvalue weighted by Gasteiger charge is -2.26. The summed E-state index contributed by atoms with van der Waals surface area (Å²) in [6.07, 6.45) is 2.01. The zero-order valence-corrected chi connectivity index (χ0v) is 6.09. The van der Waals surface area contributed by atoms with Crippen molar-refractivity contribution >= 4 is 5.91 Å². The Kier molecular flexibility index (Phi) is 1.06. The maximum absolute atomic E-state index is 11.3. The minimum atomic E-state index is -0.354. The lowest BCUT2D eigenvalue weighted by Crippen LogP contribution is -2.44. The highest BCUT2D eigenvalue weighted by atomic mass is 16.6. The molecule has 10 heavy (non-hydrogen) atoms. The molecule has 0 saturated carbocycles. The van der Waals surface area contributed by atoms with Gasteiger partial charge in [-0.15, -0.1) is 0 Å². The molecular formula is C7H11NO2. The molecule has 1 atom stereocenters.